The van der Waals surface area contributed by atoms with Crippen LogP contribution in [0.1, 0.15) is 5.56 Å². The topological polar surface area (TPSA) is 55.1 Å². The summed E-state index contributed by atoms with van der Waals surface area (Å²) in [6.45, 7) is 2.00. The van der Waals surface area contributed by atoms with Crippen molar-refractivity contribution in [3.8, 4) is 0 Å². The van der Waals surface area contributed by atoms with Crippen molar-refractivity contribution in [2.24, 2.45) is 5.84 Å². The normalized spacial score (nSPS) is 9.50. The standard InChI is InChI=1S/C8H10N2OS/c1-6-2-4-7(5-3-6)12-8(11)10-9/h2-5H,9H2,1H3,(H,10,11). The van der Waals surface area contributed by atoms with Crippen LogP contribution in [0.5, 0.6) is 0 Å². The summed E-state index contributed by atoms with van der Waals surface area (Å²) >= 11 is 1.08. The summed E-state index contributed by atoms with van der Waals surface area (Å²) in [5, 5.41) is -0.251. The van der Waals surface area contributed by atoms with E-state index in [4.69, 9.17) is 5.84 Å². The van der Waals surface area contributed by atoms with Crippen LogP contribution in [-0.4, -0.2) is 5.24 Å². The molecule has 1 aromatic rings. The van der Waals surface area contributed by atoms with Gasteiger partial charge in [0.05, 0.1) is 0 Å². The maximum Gasteiger partial charge on any atom is 0.297 e. The summed E-state index contributed by atoms with van der Waals surface area (Å²) in [6.07, 6.45) is 0. The van der Waals surface area contributed by atoms with Crippen LogP contribution in [-0.2, 0) is 0 Å². The number of thioether (sulfide) groups is 1. The van der Waals surface area contributed by atoms with Gasteiger partial charge in [-0.05, 0) is 30.8 Å². The molecule has 0 saturated heterocycles. The first-order valence-electron chi connectivity index (χ1n) is 3.47. The third kappa shape index (κ3) is 2.56. The Hall–Kier alpha value is -1.00. The fourth-order valence-corrected chi connectivity index (χ4v) is 1.29. The Morgan fingerprint density at radius 2 is 2.00 bits per heavy atom. The number of amides is 1. The van der Waals surface area contributed by atoms with Crippen molar-refractivity contribution in [2.45, 2.75) is 11.8 Å². The number of benzene rings is 1. The molecule has 0 saturated carbocycles. The molecular formula is C8H10N2OS. The highest BCUT2D eigenvalue weighted by Crippen LogP contribution is 2.17. The third-order valence-electron chi connectivity index (χ3n) is 1.35. The molecule has 3 nitrogen and oxygen atoms in total. The Labute approximate surface area is 75.3 Å². The molecule has 0 heterocycles. The van der Waals surface area contributed by atoms with Crippen LogP contribution in [0.2, 0.25) is 0 Å². The number of nitrogens with two attached hydrogens (primary N) is 1. The van der Waals surface area contributed by atoms with Crippen molar-refractivity contribution < 1.29 is 4.79 Å². The molecule has 0 bridgehead atoms. The maximum atomic E-state index is 10.8. The Bertz CT molecular complexity index is 271. The van der Waals surface area contributed by atoms with Gasteiger partial charge in [0, 0.05) is 4.90 Å². The Morgan fingerprint density at radius 3 is 2.50 bits per heavy atom. The molecule has 0 unspecified atom stereocenters. The fourth-order valence-electron chi connectivity index (χ4n) is 0.743. The second kappa shape index (κ2) is 4.13. The molecule has 64 valence electrons. The molecule has 0 radical (unpaired) electrons. The molecule has 0 aliphatic heterocycles. The monoisotopic (exact) mass is 182 g/mol. The van der Waals surface area contributed by atoms with Crippen LogP contribution < -0.4 is 11.3 Å². The Morgan fingerprint density at radius 1 is 1.42 bits per heavy atom. The molecule has 12 heavy (non-hydrogen) atoms. The zero-order valence-corrected chi connectivity index (χ0v) is 7.52. The van der Waals surface area contributed by atoms with E-state index in [1.807, 2.05) is 31.2 Å². The van der Waals surface area contributed by atoms with Crippen LogP contribution in [0.3, 0.4) is 0 Å². The summed E-state index contributed by atoms with van der Waals surface area (Å²) < 4.78 is 0. The molecule has 1 rings (SSSR count). The minimum absolute atomic E-state index is 0.251. The van der Waals surface area contributed by atoms with E-state index in [1.165, 1.54) is 5.56 Å². The predicted octanol–water partition coefficient (Wildman–Crippen LogP) is 1.67. The summed E-state index contributed by atoms with van der Waals surface area (Å²) in [5.74, 6) is 4.93. The van der Waals surface area contributed by atoms with Gasteiger partial charge < -0.3 is 0 Å². The van der Waals surface area contributed by atoms with Crippen molar-refractivity contribution in [2.75, 3.05) is 0 Å². The maximum absolute atomic E-state index is 10.8. The van der Waals surface area contributed by atoms with Crippen LogP contribution in [0, 0.1) is 6.92 Å². The van der Waals surface area contributed by atoms with Gasteiger partial charge in [-0.2, -0.15) is 0 Å². The van der Waals surface area contributed by atoms with E-state index in [0.29, 0.717) is 0 Å². The Kier molecular flexibility index (Phi) is 3.13. The lowest BCUT2D eigenvalue weighted by Gasteiger charge is -1.98. The quantitative estimate of drug-likeness (QED) is 0.300. The van der Waals surface area contributed by atoms with Crippen molar-refractivity contribution in [1.82, 2.24) is 5.43 Å². The van der Waals surface area contributed by atoms with Crippen LogP contribution in [0.4, 0.5) is 4.79 Å². The summed E-state index contributed by atoms with van der Waals surface area (Å²) in [4.78, 5) is 11.7. The molecule has 1 amide bonds. The lowest BCUT2D eigenvalue weighted by molar-refractivity contribution is 0.261. The van der Waals surface area contributed by atoms with E-state index < -0.39 is 0 Å². The number of carbonyl (C=O) groups excluding carboxylic acids is 1. The van der Waals surface area contributed by atoms with Gasteiger partial charge in [0.15, 0.2) is 0 Å². The second-order valence-electron chi connectivity index (χ2n) is 2.35. The van der Waals surface area contributed by atoms with Gasteiger partial charge in [0.25, 0.3) is 5.24 Å². The highest BCUT2D eigenvalue weighted by Gasteiger charge is 2.00. The van der Waals surface area contributed by atoms with E-state index >= 15 is 0 Å². The molecular weight excluding hydrogens is 172 g/mol. The fraction of sp³-hybridized carbons (Fsp3) is 0.125. The molecule has 0 spiro atoms. The van der Waals surface area contributed by atoms with E-state index in [2.05, 4.69) is 5.43 Å². The van der Waals surface area contributed by atoms with Crippen LogP contribution in [0.25, 0.3) is 0 Å². The smallest absolute Gasteiger partial charge is 0.285 e. The summed E-state index contributed by atoms with van der Waals surface area (Å²) in [6, 6.07) is 7.67. The number of hydrazine groups is 1. The molecule has 4 heteroatoms. The zero-order chi connectivity index (χ0) is 8.97. The number of nitrogens with one attached hydrogen (secondary N) is 1. The second-order valence-corrected chi connectivity index (χ2v) is 3.39. The molecule has 0 aliphatic carbocycles. The summed E-state index contributed by atoms with van der Waals surface area (Å²) in [5.41, 5.74) is 3.23. The highest BCUT2D eigenvalue weighted by molar-refractivity contribution is 8.13. The molecule has 0 aromatic heterocycles. The predicted molar refractivity (Wildman–Crippen MR) is 49.8 cm³/mol. The molecule has 0 aliphatic rings. The van der Waals surface area contributed by atoms with Gasteiger partial charge in [-0.15, -0.1) is 0 Å². The molecule has 3 N–H and O–H groups in total. The third-order valence-corrected chi connectivity index (χ3v) is 2.16. The van der Waals surface area contributed by atoms with E-state index in [9.17, 15) is 4.79 Å². The van der Waals surface area contributed by atoms with Gasteiger partial charge in [0.1, 0.15) is 0 Å². The molecule has 0 fully saturated rings. The van der Waals surface area contributed by atoms with Gasteiger partial charge in [0.2, 0.25) is 0 Å². The van der Waals surface area contributed by atoms with Crippen LogP contribution >= 0.6 is 11.8 Å². The number of hydrogen-bond acceptors (Lipinski definition) is 3. The van der Waals surface area contributed by atoms with E-state index in [-0.39, 0.29) is 5.24 Å². The summed E-state index contributed by atoms with van der Waals surface area (Å²) in [7, 11) is 0. The van der Waals surface area contributed by atoms with E-state index in [0.717, 1.165) is 16.7 Å². The number of rotatable bonds is 1. The SMILES string of the molecule is Cc1ccc(SC(=O)NN)cc1. The van der Waals surface area contributed by atoms with Crippen molar-refractivity contribution in [3.63, 3.8) is 0 Å². The highest BCUT2D eigenvalue weighted by atomic mass is 32.2. The number of hydrogen-bond donors (Lipinski definition) is 2. The minimum Gasteiger partial charge on any atom is -0.285 e. The lowest BCUT2D eigenvalue weighted by atomic mass is 10.2. The molecule has 1 aromatic carbocycles. The van der Waals surface area contributed by atoms with Gasteiger partial charge in [-0.25, -0.2) is 5.84 Å². The first kappa shape index (κ1) is 9.09. The van der Waals surface area contributed by atoms with Gasteiger partial charge >= 0.3 is 0 Å². The van der Waals surface area contributed by atoms with Crippen molar-refractivity contribution >= 4 is 17.0 Å². The lowest BCUT2D eigenvalue weighted by Crippen LogP contribution is -2.25. The average molecular weight is 182 g/mol. The van der Waals surface area contributed by atoms with Crippen molar-refractivity contribution in [1.29, 1.82) is 0 Å². The first-order valence-corrected chi connectivity index (χ1v) is 4.29. The van der Waals surface area contributed by atoms with Gasteiger partial charge in [-0.3, -0.25) is 10.2 Å². The Balaban J connectivity index is 2.64. The number of aryl methyl sites for hydroxylation is 1. The number of carbonyl (C=O) groups is 1. The first-order chi connectivity index (χ1) is 5.72. The average Bonchev–Trinajstić information content (AvgIpc) is 2.09. The van der Waals surface area contributed by atoms with Crippen LogP contribution in [0.15, 0.2) is 29.2 Å². The van der Waals surface area contributed by atoms with E-state index in [1.54, 1.807) is 0 Å². The minimum atomic E-state index is -0.251. The van der Waals surface area contributed by atoms with Crippen molar-refractivity contribution in [3.05, 3.63) is 29.8 Å². The van der Waals surface area contributed by atoms with Gasteiger partial charge in [-0.1, -0.05) is 17.7 Å². The molecule has 0 atom stereocenters. The zero-order valence-electron chi connectivity index (χ0n) is 6.70. The largest absolute Gasteiger partial charge is 0.297 e.